The fourth-order valence-corrected chi connectivity index (χ4v) is 3.57. The Morgan fingerprint density at radius 1 is 1.53 bits per heavy atom. The molecular formula is C15H22FNOS. The molecule has 2 unspecified atom stereocenters. The quantitative estimate of drug-likeness (QED) is 0.842. The molecule has 2 nitrogen and oxygen atoms in total. The van der Waals surface area contributed by atoms with E-state index in [0.29, 0.717) is 12.6 Å². The summed E-state index contributed by atoms with van der Waals surface area (Å²) in [5, 5.41) is 13.6. The van der Waals surface area contributed by atoms with Crippen LogP contribution in [0.15, 0.2) is 24.3 Å². The molecule has 0 amide bonds. The van der Waals surface area contributed by atoms with Crippen LogP contribution in [0.5, 0.6) is 0 Å². The molecule has 0 saturated carbocycles. The molecule has 2 rings (SSSR count). The Hall–Kier alpha value is -0.580. The van der Waals surface area contributed by atoms with Gasteiger partial charge in [0.15, 0.2) is 0 Å². The second kappa shape index (κ2) is 6.73. The van der Waals surface area contributed by atoms with E-state index in [0.717, 1.165) is 36.3 Å². The number of thioether (sulfide) groups is 1. The van der Waals surface area contributed by atoms with Gasteiger partial charge in [-0.2, -0.15) is 11.8 Å². The maximum absolute atomic E-state index is 13.0. The van der Waals surface area contributed by atoms with Crippen LogP contribution >= 0.6 is 11.8 Å². The lowest BCUT2D eigenvalue weighted by molar-refractivity contribution is 0.0649. The highest BCUT2D eigenvalue weighted by Crippen LogP contribution is 2.27. The standard InChI is InChI=1S/C15H22FNOS/c1-12(17-10-15(18)7-8-19-11-15)5-6-13-3-2-4-14(16)9-13/h2-4,9,12,17-18H,5-8,10-11H2,1H3. The lowest BCUT2D eigenvalue weighted by atomic mass is 10.0. The zero-order chi connectivity index (χ0) is 13.7. The van der Waals surface area contributed by atoms with Gasteiger partial charge >= 0.3 is 0 Å². The molecule has 1 aromatic carbocycles. The molecule has 1 aliphatic rings. The van der Waals surface area contributed by atoms with Gasteiger partial charge < -0.3 is 10.4 Å². The highest BCUT2D eigenvalue weighted by molar-refractivity contribution is 7.99. The van der Waals surface area contributed by atoms with Crippen LogP contribution in [0, 0.1) is 5.82 Å². The topological polar surface area (TPSA) is 32.3 Å². The first-order valence-corrected chi connectivity index (χ1v) is 8.01. The molecule has 19 heavy (non-hydrogen) atoms. The summed E-state index contributed by atoms with van der Waals surface area (Å²) in [7, 11) is 0. The van der Waals surface area contributed by atoms with Gasteiger partial charge in [0.1, 0.15) is 5.82 Å². The van der Waals surface area contributed by atoms with Crippen molar-refractivity contribution in [1.82, 2.24) is 5.32 Å². The number of hydrogen-bond acceptors (Lipinski definition) is 3. The summed E-state index contributed by atoms with van der Waals surface area (Å²) in [6.45, 7) is 2.77. The number of aliphatic hydroxyl groups is 1. The SMILES string of the molecule is CC(CCc1cccc(F)c1)NCC1(O)CCSC1. The monoisotopic (exact) mass is 283 g/mol. The molecule has 1 fully saturated rings. The third kappa shape index (κ3) is 4.79. The minimum Gasteiger partial charge on any atom is -0.388 e. The van der Waals surface area contributed by atoms with Gasteiger partial charge in [-0.1, -0.05) is 12.1 Å². The van der Waals surface area contributed by atoms with Crippen molar-refractivity contribution >= 4 is 11.8 Å². The van der Waals surface area contributed by atoms with Crippen LogP contribution in [0.3, 0.4) is 0 Å². The van der Waals surface area contributed by atoms with Gasteiger partial charge in [-0.05, 0) is 49.6 Å². The van der Waals surface area contributed by atoms with Crippen molar-refractivity contribution in [2.45, 2.75) is 37.8 Å². The fraction of sp³-hybridized carbons (Fsp3) is 0.600. The first-order chi connectivity index (χ1) is 9.07. The number of halogens is 1. The molecule has 1 saturated heterocycles. The zero-order valence-corrected chi connectivity index (χ0v) is 12.2. The van der Waals surface area contributed by atoms with E-state index < -0.39 is 5.60 Å². The third-order valence-corrected chi connectivity index (χ3v) is 4.85. The van der Waals surface area contributed by atoms with Gasteiger partial charge in [0.05, 0.1) is 5.60 Å². The molecule has 1 aromatic rings. The average molecular weight is 283 g/mol. The number of benzene rings is 1. The molecule has 4 heteroatoms. The van der Waals surface area contributed by atoms with E-state index in [9.17, 15) is 9.50 Å². The molecule has 106 valence electrons. The van der Waals surface area contributed by atoms with Crippen molar-refractivity contribution < 1.29 is 9.50 Å². The second-order valence-electron chi connectivity index (χ2n) is 5.48. The van der Waals surface area contributed by atoms with E-state index in [4.69, 9.17) is 0 Å². The normalized spacial score (nSPS) is 24.6. The number of hydrogen-bond donors (Lipinski definition) is 2. The Labute approximate surface area is 118 Å². The molecule has 0 aromatic heterocycles. The van der Waals surface area contributed by atoms with Gasteiger partial charge in [0, 0.05) is 18.3 Å². The van der Waals surface area contributed by atoms with Crippen LogP contribution < -0.4 is 5.32 Å². The largest absolute Gasteiger partial charge is 0.388 e. The van der Waals surface area contributed by atoms with Gasteiger partial charge in [0.25, 0.3) is 0 Å². The van der Waals surface area contributed by atoms with E-state index >= 15 is 0 Å². The minimum atomic E-state index is -0.530. The van der Waals surface area contributed by atoms with E-state index in [2.05, 4.69) is 12.2 Å². The molecular weight excluding hydrogens is 261 g/mol. The van der Waals surface area contributed by atoms with Gasteiger partial charge in [-0.3, -0.25) is 0 Å². The molecule has 0 bridgehead atoms. The summed E-state index contributed by atoms with van der Waals surface area (Å²) in [4.78, 5) is 0. The Morgan fingerprint density at radius 2 is 2.37 bits per heavy atom. The van der Waals surface area contributed by atoms with Gasteiger partial charge in [0.2, 0.25) is 0 Å². The Balaban J connectivity index is 1.71. The van der Waals surface area contributed by atoms with Crippen molar-refractivity contribution in [3.05, 3.63) is 35.6 Å². The summed E-state index contributed by atoms with van der Waals surface area (Å²) in [5.41, 5.74) is 0.501. The van der Waals surface area contributed by atoms with Crippen LogP contribution in [-0.2, 0) is 6.42 Å². The van der Waals surface area contributed by atoms with Crippen LogP contribution in [0.4, 0.5) is 4.39 Å². The van der Waals surface area contributed by atoms with Crippen molar-refractivity contribution in [2.24, 2.45) is 0 Å². The average Bonchev–Trinajstić information content (AvgIpc) is 2.82. The summed E-state index contributed by atoms with van der Waals surface area (Å²) in [6.07, 6.45) is 2.69. The second-order valence-corrected chi connectivity index (χ2v) is 6.58. The van der Waals surface area contributed by atoms with E-state index in [1.807, 2.05) is 17.8 Å². The van der Waals surface area contributed by atoms with Crippen molar-refractivity contribution in [3.63, 3.8) is 0 Å². The smallest absolute Gasteiger partial charge is 0.123 e. The van der Waals surface area contributed by atoms with Gasteiger partial charge in [-0.25, -0.2) is 4.39 Å². The highest BCUT2D eigenvalue weighted by atomic mass is 32.2. The van der Waals surface area contributed by atoms with Crippen LogP contribution in [0.2, 0.25) is 0 Å². The lowest BCUT2D eigenvalue weighted by Crippen LogP contribution is -2.43. The van der Waals surface area contributed by atoms with E-state index in [-0.39, 0.29) is 5.82 Å². The molecule has 2 N–H and O–H groups in total. The first-order valence-electron chi connectivity index (χ1n) is 6.85. The maximum Gasteiger partial charge on any atom is 0.123 e. The third-order valence-electron chi connectivity index (χ3n) is 3.62. The molecule has 0 aliphatic carbocycles. The van der Waals surface area contributed by atoms with Crippen molar-refractivity contribution in [3.8, 4) is 0 Å². The van der Waals surface area contributed by atoms with Crippen molar-refractivity contribution in [2.75, 3.05) is 18.1 Å². The van der Waals surface area contributed by atoms with Crippen LogP contribution in [0.25, 0.3) is 0 Å². The summed E-state index contributed by atoms with van der Waals surface area (Å²) < 4.78 is 13.0. The summed E-state index contributed by atoms with van der Waals surface area (Å²) in [5.74, 6) is 1.71. The fourth-order valence-electron chi connectivity index (χ4n) is 2.28. The predicted molar refractivity (Wildman–Crippen MR) is 79.1 cm³/mol. The number of rotatable bonds is 6. The zero-order valence-electron chi connectivity index (χ0n) is 11.4. The Morgan fingerprint density at radius 3 is 3.05 bits per heavy atom. The Kier molecular flexibility index (Phi) is 5.25. The molecule has 0 spiro atoms. The van der Waals surface area contributed by atoms with Crippen LogP contribution in [-0.4, -0.2) is 34.8 Å². The number of aryl methyl sites for hydroxylation is 1. The molecule has 2 atom stereocenters. The highest BCUT2D eigenvalue weighted by Gasteiger charge is 2.31. The maximum atomic E-state index is 13.0. The molecule has 1 heterocycles. The summed E-state index contributed by atoms with van der Waals surface area (Å²) >= 11 is 1.81. The number of nitrogens with one attached hydrogen (secondary N) is 1. The lowest BCUT2D eigenvalue weighted by Gasteiger charge is -2.24. The first kappa shape index (κ1) is 14.8. The van der Waals surface area contributed by atoms with E-state index in [1.165, 1.54) is 6.07 Å². The molecule has 1 aliphatic heterocycles. The van der Waals surface area contributed by atoms with Crippen molar-refractivity contribution in [1.29, 1.82) is 0 Å². The summed E-state index contributed by atoms with van der Waals surface area (Å²) in [6, 6.07) is 7.10. The minimum absolute atomic E-state index is 0.171. The van der Waals surface area contributed by atoms with Gasteiger partial charge in [-0.15, -0.1) is 0 Å². The predicted octanol–water partition coefficient (Wildman–Crippen LogP) is 2.60. The Bertz CT molecular complexity index is 407. The molecule has 0 radical (unpaired) electrons. The van der Waals surface area contributed by atoms with Crippen LogP contribution in [0.1, 0.15) is 25.3 Å². The van der Waals surface area contributed by atoms with E-state index in [1.54, 1.807) is 12.1 Å².